The predicted octanol–water partition coefficient (Wildman–Crippen LogP) is 6.25. The maximum absolute atomic E-state index is 15.1. The minimum Gasteiger partial charge on any atom is -0.478 e. The first kappa shape index (κ1) is 25.9. The van der Waals surface area contributed by atoms with Crippen LogP contribution in [0, 0.1) is 12.7 Å². The van der Waals surface area contributed by atoms with Crippen LogP contribution in [0.15, 0.2) is 88.9 Å². The minimum atomic E-state index is -0.988. The predicted molar refractivity (Wildman–Crippen MR) is 141 cm³/mol. The number of aromatic nitrogens is 1. The van der Waals surface area contributed by atoms with Gasteiger partial charge in [0.1, 0.15) is 5.82 Å². The summed E-state index contributed by atoms with van der Waals surface area (Å²) in [5.74, 6) is -2.00. The second kappa shape index (κ2) is 10.8. The van der Waals surface area contributed by atoms with Crippen molar-refractivity contribution in [3.63, 3.8) is 0 Å². The molecule has 0 radical (unpaired) electrons. The van der Waals surface area contributed by atoms with Crippen molar-refractivity contribution in [1.82, 2.24) is 4.57 Å². The lowest BCUT2D eigenvalue weighted by atomic mass is 9.84. The van der Waals surface area contributed by atoms with Gasteiger partial charge >= 0.3 is 5.97 Å². The number of nitrogens with zero attached hydrogens (tertiary/aromatic N) is 2. The highest BCUT2D eigenvalue weighted by atomic mass is 35.5. The first-order chi connectivity index (χ1) is 17.7. The van der Waals surface area contributed by atoms with Crippen molar-refractivity contribution in [3.05, 3.63) is 128 Å². The number of carbonyl (C=O) groups is 1. The molecule has 37 heavy (non-hydrogen) atoms. The second-order valence-electron chi connectivity index (χ2n) is 8.79. The maximum Gasteiger partial charge on any atom is 0.335 e. The lowest BCUT2D eigenvalue weighted by Gasteiger charge is -2.20. The molecule has 0 fully saturated rings. The summed E-state index contributed by atoms with van der Waals surface area (Å²) in [6, 6.07) is 19.9. The Bertz CT molecular complexity index is 1560. The molecule has 0 aliphatic heterocycles. The lowest BCUT2D eigenvalue weighted by molar-refractivity contribution is 0.0696. The average Bonchev–Trinajstić information content (AvgIpc) is 2.87. The lowest BCUT2D eigenvalue weighted by Crippen LogP contribution is -2.18. The van der Waals surface area contributed by atoms with Crippen LogP contribution >= 0.6 is 11.6 Å². The van der Waals surface area contributed by atoms with Crippen molar-refractivity contribution in [3.8, 4) is 11.1 Å². The highest BCUT2D eigenvalue weighted by Crippen LogP contribution is 2.34. The fourth-order valence-corrected chi connectivity index (χ4v) is 4.54. The Kier molecular flexibility index (Phi) is 7.55. The molecule has 0 bridgehead atoms. The SMILES string of the molecule is Cc1cc(C(=O)O)ccc1-c1ccc(C(C/C(=N\O)c2ccc(=O)n(C)c2)c2ccc(Cl)cc2F)cc1. The van der Waals surface area contributed by atoms with E-state index in [-0.39, 0.29) is 22.6 Å². The number of benzene rings is 3. The first-order valence-corrected chi connectivity index (χ1v) is 11.8. The zero-order valence-electron chi connectivity index (χ0n) is 20.2. The Balaban J connectivity index is 1.74. The molecule has 1 heterocycles. The van der Waals surface area contributed by atoms with Gasteiger partial charge in [0.05, 0.1) is 11.3 Å². The molecular weight excluding hydrogens is 495 g/mol. The molecule has 3 aromatic carbocycles. The number of carboxylic acid groups (broad SMARTS) is 1. The normalized spacial score (nSPS) is 12.4. The van der Waals surface area contributed by atoms with Gasteiger partial charge in [0, 0.05) is 42.2 Å². The molecule has 4 aromatic rings. The van der Waals surface area contributed by atoms with E-state index in [9.17, 15) is 19.9 Å². The van der Waals surface area contributed by atoms with Crippen molar-refractivity contribution in [2.75, 3.05) is 0 Å². The number of oxime groups is 1. The Morgan fingerprint density at radius 1 is 1.03 bits per heavy atom. The van der Waals surface area contributed by atoms with Crippen LogP contribution in [0.25, 0.3) is 11.1 Å². The highest BCUT2D eigenvalue weighted by Gasteiger charge is 2.22. The molecule has 1 atom stereocenters. The van der Waals surface area contributed by atoms with Crippen LogP contribution in [0.4, 0.5) is 4.39 Å². The molecule has 0 aliphatic carbocycles. The molecule has 1 aromatic heterocycles. The Hall–Kier alpha value is -4.23. The third-order valence-corrected chi connectivity index (χ3v) is 6.61. The summed E-state index contributed by atoms with van der Waals surface area (Å²) in [5.41, 5.74) is 4.57. The number of halogens is 2. The summed E-state index contributed by atoms with van der Waals surface area (Å²) < 4.78 is 16.5. The molecule has 0 spiro atoms. The zero-order valence-corrected chi connectivity index (χ0v) is 20.9. The summed E-state index contributed by atoms with van der Waals surface area (Å²) in [6.07, 6.45) is 1.72. The summed E-state index contributed by atoms with van der Waals surface area (Å²) in [5, 5.41) is 22.8. The number of hydrogen-bond acceptors (Lipinski definition) is 4. The van der Waals surface area contributed by atoms with Crippen LogP contribution in [0.2, 0.25) is 5.02 Å². The van der Waals surface area contributed by atoms with Crippen LogP contribution < -0.4 is 5.56 Å². The van der Waals surface area contributed by atoms with E-state index < -0.39 is 17.7 Å². The molecule has 6 nitrogen and oxygen atoms in total. The van der Waals surface area contributed by atoms with Crippen molar-refractivity contribution in [2.45, 2.75) is 19.3 Å². The molecule has 188 valence electrons. The van der Waals surface area contributed by atoms with Crippen molar-refractivity contribution in [1.29, 1.82) is 0 Å². The van der Waals surface area contributed by atoms with Gasteiger partial charge in [-0.05, 0) is 65.1 Å². The zero-order chi connectivity index (χ0) is 26.7. The van der Waals surface area contributed by atoms with Gasteiger partial charge in [-0.25, -0.2) is 9.18 Å². The molecule has 8 heteroatoms. The summed E-state index contributed by atoms with van der Waals surface area (Å²) in [4.78, 5) is 23.1. The topological polar surface area (TPSA) is 91.9 Å². The highest BCUT2D eigenvalue weighted by molar-refractivity contribution is 6.30. The smallest absolute Gasteiger partial charge is 0.335 e. The van der Waals surface area contributed by atoms with Gasteiger partial charge in [0.25, 0.3) is 0 Å². The van der Waals surface area contributed by atoms with E-state index in [0.29, 0.717) is 16.8 Å². The number of rotatable bonds is 7. The van der Waals surface area contributed by atoms with Crippen LogP contribution in [0.3, 0.4) is 0 Å². The fraction of sp³-hybridized carbons (Fsp3) is 0.138. The van der Waals surface area contributed by atoms with E-state index in [2.05, 4.69) is 5.16 Å². The van der Waals surface area contributed by atoms with Gasteiger partial charge in [0.2, 0.25) is 5.56 Å². The van der Waals surface area contributed by atoms with Gasteiger partial charge in [0.15, 0.2) is 0 Å². The van der Waals surface area contributed by atoms with E-state index in [1.807, 2.05) is 31.2 Å². The largest absolute Gasteiger partial charge is 0.478 e. The first-order valence-electron chi connectivity index (χ1n) is 11.4. The van der Waals surface area contributed by atoms with Crippen molar-refractivity contribution >= 4 is 23.3 Å². The van der Waals surface area contributed by atoms with Crippen molar-refractivity contribution in [2.24, 2.45) is 12.2 Å². The quantitative estimate of drug-likeness (QED) is 0.172. The van der Waals surface area contributed by atoms with Crippen LogP contribution in [-0.4, -0.2) is 26.6 Å². The number of carboxylic acids is 1. The molecule has 0 saturated heterocycles. The Morgan fingerprint density at radius 2 is 1.73 bits per heavy atom. The van der Waals surface area contributed by atoms with Crippen LogP contribution in [0.5, 0.6) is 0 Å². The third kappa shape index (κ3) is 5.62. The molecule has 0 amide bonds. The monoisotopic (exact) mass is 518 g/mol. The van der Waals surface area contributed by atoms with E-state index in [0.717, 1.165) is 22.3 Å². The molecular formula is C29H24ClFN2O4. The molecule has 1 unspecified atom stereocenters. The molecule has 2 N–H and O–H groups in total. The van der Waals surface area contributed by atoms with Crippen LogP contribution in [-0.2, 0) is 7.05 Å². The standard InChI is InChI=1S/C29H24ClFN2O4/c1-17-13-20(29(35)36)7-10-23(17)18-3-5-19(6-4-18)25(24-11-9-22(30)14-26(24)31)15-27(32-37)21-8-12-28(34)33(2)16-21/h3-14,16,25,37H,15H2,1-2H3,(H,35,36)/b32-27+. The number of pyridine rings is 1. The number of aromatic carboxylic acids is 1. The Morgan fingerprint density at radius 3 is 2.32 bits per heavy atom. The summed E-state index contributed by atoms with van der Waals surface area (Å²) in [6.45, 7) is 1.85. The third-order valence-electron chi connectivity index (χ3n) is 6.37. The molecule has 0 saturated carbocycles. The van der Waals surface area contributed by atoms with Gasteiger partial charge in [-0.1, -0.05) is 53.2 Å². The molecule has 0 aliphatic rings. The van der Waals surface area contributed by atoms with E-state index in [1.165, 1.54) is 16.7 Å². The summed E-state index contributed by atoms with van der Waals surface area (Å²) >= 11 is 5.99. The van der Waals surface area contributed by atoms with E-state index in [1.54, 1.807) is 49.6 Å². The summed E-state index contributed by atoms with van der Waals surface area (Å²) in [7, 11) is 1.60. The second-order valence-corrected chi connectivity index (χ2v) is 9.23. The van der Waals surface area contributed by atoms with E-state index >= 15 is 4.39 Å². The average molecular weight is 519 g/mol. The van der Waals surface area contributed by atoms with Crippen LogP contribution in [0.1, 0.15) is 45.0 Å². The van der Waals surface area contributed by atoms with Gasteiger partial charge in [-0.2, -0.15) is 0 Å². The molecule has 4 rings (SSSR count). The Labute approximate surface area is 217 Å². The van der Waals surface area contributed by atoms with Gasteiger partial charge in [-0.15, -0.1) is 0 Å². The maximum atomic E-state index is 15.1. The van der Waals surface area contributed by atoms with Crippen molar-refractivity contribution < 1.29 is 19.5 Å². The van der Waals surface area contributed by atoms with E-state index in [4.69, 9.17) is 11.6 Å². The van der Waals surface area contributed by atoms with Gasteiger partial charge < -0.3 is 14.9 Å². The number of aryl methyl sites for hydroxylation is 2. The van der Waals surface area contributed by atoms with Gasteiger partial charge in [-0.3, -0.25) is 4.79 Å². The minimum absolute atomic E-state index is 0.152. The fourth-order valence-electron chi connectivity index (χ4n) is 4.38. The number of hydrogen-bond donors (Lipinski definition) is 2.